The van der Waals surface area contributed by atoms with Crippen molar-refractivity contribution >= 4 is 28.1 Å². The molecule has 1 aliphatic heterocycles. The Morgan fingerprint density at radius 2 is 1.97 bits per heavy atom. The maximum atomic E-state index is 14.4. The van der Waals surface area contributed by atoms with Gasteiger partial charge in [0.05, 0.1) is 11.7 Å². The standard InChI is InChI=1S/C23H21F3N6S.C2H6/c1-3-18(14-8-10-31(12-14)19-11-13(2)30-33-19)27-23-28-22-16(5-4-9-32(22)29-23)15-6-7-17(24)21(26)20(15)25;1-2/h3-7,9,11,14,18H,1,8,10,12H2,2H3,(H,27,29);1-2H3. The van der Waals surface area contributed by atoms with Crippen LogP contribution in [0.25, 0.3) is 16.8 Å². The molecule has 1 N–H and O–H groups in total. The summed E-state index contributed by atoms with van der Waals surface area (Å²) in [5, 5.41) is 8.92. The van der Waals surface area contributed by atoms with E-state index in [0.717, 1.165) is 36.3 Å². The van der Waals surface area contributed by atoms with Crippen molar-refractivity contribution in [2.75, 3.05) is 23.3 Å². The number of rotatable bonds is 6. The molecule has 2 unspecified atom stereocenters. The Labute approximate surface area is 206 Å². The van der Waals surface area contributed by atoms with Crippen molar-refractivity contribution in [3.63, 3.8) is 0 Å². The summed E-state index contributed by atoms with van der Waals surface area (Å²) < 4.78 is 47.5. The highest BCUT2D eigenvalue weighted by atomic mass is 32.1. The molecule has 1 aromatic carbocycles. The van der Waals surface area contributed by atoms with Crippen LogP contribution in [-0.2, 0) is 0 Å². The SMILES string of the molecule is C=CC(Nc1nc2c(-c3ccc(F)c(F)c3F)cccn2n1)C1CCN(c2cc(C)ns2)C1.CC. The van der Waals surface area contributed by atoms with E-state index in [-0.39, 0.29) is 11.6 Å². The fourth-order valence-electron chi connectivity index (χ4n) is 4.21. The first-order valence-electron chi connectivity index (χ1n) is 11.5. The largest absolute Gasteiger partial charge is 0.362 e. The first-order valence-corrected chi connectivity index (χ1v) is 12.3. The van der Waals surface area contributed by atoms with Crippen molar-refractivity contribution in [1.29, 1.82) is 0 Å². The van der Waals surface area contributed by atoms with Crippen molar-refractivity contribution in [3.8, 4) is 11.1 Å². The van der Waals surface area contributed by atoms with E-state index in [1.165, 1.54) is 22.1 Å². The smallest absolute Gasteiger partial charge is 0.243 e. The second kappa shape index (κ2) is 10.5. The first kappa shape index (κ1) is 24.7. The molecule has 0 amide bonds. The summed E-state index contributed by atoms with van der Waals surface area (Å²) in [6.07, 6.45) is 4.48. The number of halogens is 3. The number of nitrogens with one attached hydrogen (secondary N) is 1. The number of aryl methyl sites for hydroxylation is 1. The normalized spacial score (nSPS) is 16.2. The van der Waals surface area contributed by atoms with Crippen LogP contribution in [0.4, 0.5) is 24.1 Å². The zero-order valence-corrected chi connectivity index (χ0v) is 20.6. The Kier molecular flexibility index (Phi) is 7.39. The number of nitrogens with zero attached hydrogens (tertiary/aromatic N) is 5. The maximum absolute atomic E-state index is 14.4. The number of benzene rings is 1. The predicted octanol–water partition coefficient (Wildman–Crippen LogP) is 6.10. The second-order valence-corrected chi connectivity index (χ2v) is 8.84. The van der Waals surface area contributed by atoms with Crippen LogP contribution in [0.15, 0.2) is 49.2 Å². The number of pyridine rings is 1. The van der Waals surface area contributed by atoms with Crippen LogP contribution in [-0.4, -0.2) is 38.1 Å². The lowest BCUT2D eigenvalue weighted by Gasteiger charge is -2.21. The van der Waals surface area contributed by atoms with Gasteiger partial charge >= 0.3 is 0 Å². The second-order valence-electron chi connectivity index (χ2n) is 8.06. The Morgan fingerprint density at radius 1 is 1.17 bits per heavy atom. The Morgan fingerprint density at radius 3 is 2.69 bits per heavy atom. The molecule has 4 heterocycles. The summed E-state index contributed by atoms with van der Waals surface area (Å²) >= 11 is 1.50. The molecule has 0 radical (unpaired) electrons. The van der Waals surface area contributed by atoms with Gasteiger partial charge in [-0.25, -0.2) is 17.7 Å². The average molecular weight is 501 g/mol. The minimum absolute atomic E-state index is 0.0787. The number of aromatic nitrogens is 4. The third-order valence-corrected chi connectivity index (χ3v) is 6.84. The molecular formula is C25H27F3N6S. The van der Waals surface area contributed by atoms with Crippen molar-refractivity contribution in [1.82, 2.24) is 19.0 Å². The van der Waals surface area contributed by atoms with Gasteiger partial charge < -0.3 is 10.2 Å². The molecule has 3 aromatic heterocycles. The Bertz CT molecular complexity index is 1330. The van der Waals surface area contributed by atoms with E-state index in [2.05, 4.69) is 37.3 Å². The lowest BCUT2D eigenvalue weighted by Crippen LogP contribution is -2.30. The monoisotopic (exact) mass is 500 g/mol. The van der Waals surface area contributed by atoms with Crippen molar-refractivity contribution in [3.05, 3.63) is 72.3 Å². The molecule has 1 saturated heterocycles. The zero-order valence-electron chi connectivity index (χ0n) is 19.8. The van der Waals surface area contributed by atoms with Gasteiger partial charge in [-0.15, -0.1) is 11.7 Å². The summed E-state index contributed by atoms with van der Waals surface area (Å²) in [6, 6.07) is 7.36. The van der Waals surface area contributed by atoms with E-state index < -0.39 is 17.5 Å². The van der Waals surface area contributed by atoms with Crippen LogP contribution >= 0.6 is 11.5 Å². The van der Waals surface area contributed by atoms with E-state index in [1.54, 1.807) is 18.3 Å². The summed E-state index contributed by atoms with van der Waals surface area (Å²) in [7, 11) is 0. The van der Waals surface area contributed by atoms with Crippen LogP contribution in [0, 0.1) is 30.3 Å². The third kappa shape index (κ3) is 4.88. The fraction of sp³-hybridized carbons (Fsp3) is 0.320. The zero-order chi connectivity index (χ0) is 25.1. The van der Waals surface area contributed by atoms with Crippen LogP contribution in [0.1, 0.15) is 26.0 Å². The van der Waals surface area contributed by atoms with Gasteiger partial charge in [0.15, 0.2) is 23.1 Å². The lowest BCUT2D eigenvalue weighted by atomic mass is 9.99. The van der Waals surface area contributed by atoms with Gasteiger partial charge in [0.2, 0.25) is 5.95 Å². The summed E-state index contributed by atoms with van der Waals surface area (Å²) in [5.74, 6) is -3.36. The number of hydrogen-bond acceptors (Lipinski definition) is 6. The first-order chi connectivity index (χ1) is 16.9. The van der Waals surface area contributed by atoms with Gasteiger partial charge in [-0.2, -0.15) is 9.36 Å². The number of anilines is 2. The van der Waals surface area contributed by atoms with Gasteiger partial charge in [0.1, 0.15) is 5.00 Å². The maximum Gasteiger partial charge on any atom is 0.243 e. The van der Waals surface area contributed by atoms with E-state index >= 15 is 0 Å². The minimum atomic E-state index is -1.51. The number of fused-ring (bicyclic) bond motifs is 1. The summed E-state index contributed by atoms with van der Waals surface area (Å²) in [6.45, 7) is 11.7. The van der Waals surface area contributed by atoms with Crippen LogP contribution < -0.4 is 10.2 Å². The fourth-order valence-corrected chi connectivity index (χ4v) is 5.00. The van der Waals surface area contributed by atoms with Gasteiger partial charge in [0.25, 0.3) is 0 Å². The van der Waals surface area contributed by atoms with E-state index in [9.17, 15) is 13.2 Å². The van der Waals surface area contributed by atoms with Crippen molar-refractivity contribution < 1.29 is 13.2 Å². The molecule has 0 spiro atoms. The molecule has 6 nitrogen and oxygen atoms in total. The third-order valence-electron chi connectivity index (χ3n) is 5.90. The molecule has 10 heteroatoms. The van der Waals surface area contributed by atoms with Crippen LogP contribution in [0.5, 0.6) is 0 Å². The molecule has 184 valence electrons. The lowest BCUT2D eigenvalue weighted by molar-refractivity contribution is 0.449. The van der Waals surface area contributed by atoms with Crippen LogP contribution in [0.2, 0.25) is 0 Å². The Balaban J connectivity index is 0.00000141. The molecule has 1 aliphatic rings. The van der Waals surface area contributed by atoms with Crippen molar-refractivity contribution in [2.45, 2.75) is 33.2 Å². The molecule has 0 aliphatic carbocycles. The Hall–Kier alpha value is -3.40. The molecule has 4 aromatic rings. The molecule has 5 rings (SSSR count). The predicted molar refractivity (Wildman–Crippen MR) is 134 cm³/mol. The van der Waals surface area contributed by atoms with E-state index in [0.29, 0.717) is 23.1 Å². The highest BCUT2D eigenvalue weighted by molar-refractivity contribution is 7.10. The van der Waals surface area contributed by atoms with Crippen molar-refractivity contribution in [2.24, 2.45) is 5.92 Å². The highest BCUT2D eigenvalue weighted by Crippen LogP contribution is 2.32. The average Bonchev–Trinajstić information content (AvgIpc) is 3.61. The van der Waals surface area contributed by atoms with Crippen LogP contribution in [0.3, 0.4) is 0 Å². The summed E-state index contributed by atoms with van der Waals surface area (Å²) in [5.41, 5.74) is 1.59. The molecule has 0 bridgehead atoms. The quantitative estimate of drug-likeness (QED) is 0.256. The van der Waals surface area contributed by atoms with Gasteiger partial charge in [0, 0.05) is 36.3 Å². The van der Waals surface area contributed by atoms with Gasteiger partial charge in [-0.05, 0) is 55.2 Å². The van der Waals surface area contributed by atoms with E-state index in [1.807, 2.05) is 26.8 Å². The highest BCUT2D eigenvalue weighted by Gasteiger charge is 2.30. The molecule has 35 heavy (non-hydrogen) atoms. The van der Waals surface area contributed by atoms with E-state index in [4.69, 9.17) is 0 Å². The minimum Gasteiger partial charge on any atom is -0.362 e. The molecule has 2 atom stereocenters. The molecular weight excluding hydrogens is 473 g/mol. The van der Waals surface area contributed by atoms with Gasteiger partial charge in [-0.3, -0.25) is 0 Å². The molecule has 0 saturated carbocycles. The van der Waals surface area contributed by atoms with Gasteiger partial charge in [-0.1, -0.05) is 19.9 Å². The number of hydrogen-bond donors (Lipinski definition) is 1. The molecule has 1 fully saturated rings. The summed E-state index contributed by atoms with van der Waals surface area (Å²) in [4.78, 5) is 6.82. The topological polar surface area (TPSA) is 58.4 Å².